The van der Waals surface area contributed by atoms with E-state index < -0.39 is 0 Å². The van der Waals surface area contributed by atoms with E-state index in [4.69, 9.17) is 5.11 Å². The topological polar surface area (TPSA) is 23.5 Å². The lowest BCUT2D eigenvalue weighted by Gasteiger charge is -2.27. The van der Waals surface area contributed by atoms with Gasteiger partial charge in [0.2, 0.25) is 0 Å². The van der Waals surface area contributed by atoms with E-state index >= 15 is 0 Å². The van der Waals surface area contributed by atoms with E-state index in [0.717, 1.165) is 18.7 Å². The Hall–Kier alpha value is -1.37. The molecular formula is C17H22FNO. The van der Waals surface area contributed by atoms with E-state index in [2.05, 4.69) is 23.7 Å². The highest BCUT2D eigenvalue weighted by molar-refractivity contribution is 5.38. The van der Waals surface area contributed by atoms with E-state index in [1.165, 1.54) is 31.7 Å². The highest BCUT2D eigenvalue weighted by atomic mass is 19.1. The molecule has 1 N–H and O–H groups in total. The van der Waals surface area contributed by atoms with Gasteiger partial charge in [-0.05, 0) is 44.0 Å². The van der Waals surface area contributed by atoms with Crippen molar-refractivity contribution >= 4 is 0 Å². The monoisotopic (exact) mass is 275 g/mol. The van der Waals surface area contributed by atoms with Gasteiger partial charge in [0.15, 0.2) is 0 Å². The molecule has 108 valence electrons. The predicted molar refractivity (Wildman–Crippen MR) is 78.7 cm³/mol. The van der Waals surface area contributed by atoms with Crippen molar-refractivity contribution in [2.45, 2.75) is 45.2 Å². The lowest BCUT2D eigenvalue weighted by atomic mass is 10.1. The summed E-state index contributed by atoms with van der Waals surface area (Å²) < 4.78 is 13.6. The molecule has 1 fully saturated rings. The summed E-state index contributed by atoms with van der Waals surface area (Å²) in [4.78, 5) is 2.46. The van der Waals surface area contributed by atoms with Crippen LogP contribution in [0.1, 0.15) is 43.7 Å². The maximum Gasteiger partial charge on any atom is 0.138 e. The number of halogens is 1. The quantitative estimate of drug-likeness (QED) is 0.839. The van der Waals surface area contributed by atoms with Crippen molar-refractivity contribution in [3.63, 3.8) is 0 Å². The average Bonchev–Trinajstić information content (AvgIpc) is 2.65. The van der Waals surface area contributed by atoms with E-state index in [1.807, 2.05) is 6.07 Å². The van der Waals surface area contributed by atoms with Gasteiger partial charge in [0.05, 0.1) is 5.56 Å². The number of rotatable bonds is 2. The van der Waals surface area contributed by atoms with Crippen molar-refractivity contribution in [3.8, 4) is 11.8 Å². The van der Waals surface area contributed by atoms with Crippen molar-refractivity contribution in [2.75, 3.05) is 13.2 Å². The van der Waals surface area contributed by atoms with E-state index in [9.17, 15) is 4.39 Å². The molecule has 0 saturated carbocycles. The summed E-state index contributed by atoms with van der Waals surface area (Å²) in [5.41, 5.74) is 1.46. The molecule has 1 saturated heterocycles. The van der Waals surface area contributed by atoms with E-state index in [-0.39, 0.29) is 12.4 Å². The molecule has 0 bridgehead atoms. The fraction of sp³-hybridized carbons (Fsp3) is 0.529. The Morgan fingerprint density at radius 2 is 2.20 bits per heavy atom. The zero-order valence-electron chi connectivity index (χ0n) is 12.0. The zero-order valence-corrected chi connectivity index (χ0v) is 12.0. The minimum Gasteiger partial charge on any atom is -0.384 e. The highest BCUT2D eigenvalue weighted by Crippen LogP contribution is 2.20. The minimum atomic E-state index is -0.321. The standard InChI is InChI=1S/C17H22FNO/c1-14-6-3-2-4-10-19(14)13-15-8-9-17(18)16(12-15)7-5-11-20/h8-9,12,14,20H,2-4,6,10-11,13H2,1H3. The van der Waals surface area contributed by atoms with Gasteiger partial charge in [0.1, 0.15) is 12.4 Å². The van der Waals surface area contributed by atoms with Crippen molar-refractivity contribution in [1.29, 1.82) is 0 Å². The van der Waals surface area contributed by atoms with E-state index in [1.54, 1.807) is 6.07 Å². The summed E-state index contributed by atoms with van der Waals surface area (Å²) >= 11 is 0. The Bertz CT molecular complexity index is 503. The molecule has 0 spiro atoms. The zero-order chi connectivity index (χ0) is 14.4. The molecule has 1 aromatic carbocycles. The first-order valence-electron chi connectivity index (χ1n) is 7.33. The maximum atomic E-state index is 13.6. The Morgan fingerprint density at radius 1 is 1.35 bits per heavy atom. The van der Waals surface area contributed by atoms with Gasteiger partial charge in [0.25, 0.3) is 0 Å². The molecule has 0 radical (unpaired) electrons. The maximum absolute atomic E-state index is 13.6. The molecule has 0 aliphatic carbocycles. The van der Waals surface area contributed by atoms with Crippen LogP contribution in [0.5, 0.6) is 0 Å². The Labute approximate surface area is 120 Å². The molecule has 1 unspecified atom stereocenters. The summed E-state index contributed by atoms with van der Waals surface area (Å²) in [6.07, 6.45) is 5.08. The Kier molecular flexibility index (Phi) is 5.58. The number of hydrogen-bond acceptors (Lipinski definition) is 2. The van der Waals surface area contributed by atoms with Gasteiger partial charge < -0.3 is 5.11 Å². The van der Waals surface area contributed by atoms with E-state index in [0.29, 0.717) is 11.6 Å². The SMILES string of the molecule is CC1CCCCCN1Cc1ccc(F)c(C#CCO)c1. The van der Waals surface area contributed by atoms with Crippen LogP contribution in [0.3, 0.4) is 0 Å². The average molecular weight is 275 g/mol. The van der Waals surface area contributed by atoms with Crippen molar-refractivity contribution in [3.05, 3.63) is 35.1 Å². The third-order valence-corrected chi connectivity index (χ3v) is 3.91. The lowest BCUT2D eigenvalue weighted by molar-refractivity contribution is 0.205. The molecule has 2 rings (SSSR count). The molecule has 1 heterocycles. The third kappa shape index (κ3) is 4.06. The largest absolute Gasteiger partial charge is 0.384 e. The van der Waals surface area contributed by atoms with Gasteiger partial charge in [-0.3, -0.25) is 4.90 Å². The Morgan fingerprint density at radius 3 is 3.00 bits per heavy atom. The molecule has 20 heavy (non-hydrogen) atoms. The van der Waals surface area contributed by atoms with Crippen LogP contribution in [-0.2, 0) is 6.54 Å². The van der Waals surface area contributed by atoms with Crippen molar-refractivity contribution in [2.24, 2.45) is 0 Å². The van der Waals surface area contributed by atoms with Gasteiger partial charge in [-0.25, -0.2) is 4.39 Å². The second-order valence-corrected chi connectivity index (χ2v) is 5.44. The number of hydrogen-bond donors (Lipinski definition) is 1. The van der Waals surface area contributed by atoms with Crippen molar-refractivity contribution < 1.29 is 9.50 Å². The highest BCUT2D eigenvalue weighted by Gasteiger charge is 2.17. The molecule has 1 aliphatic rings. The van der Waals surface area contributed by atoms with Crippen LogP contribution in [0.4, 0.5) is 4.39 Å². The number of benzene rings is 1. The molecule has 2 nitrogen and oxygen atoms in total. The van der Waals surface area contributed by atoms with Crippen LogP contribution in [-0.4, -0.2) is 29.2 Å². The fourth-order valence-electron chi connectivity index (χ4n) is 2.71. The number of nitrogens with zero attached hydrogens (tertiary/aromatic N) is 1. The molecule has 0 aromatic heterocycles. The summed E-state index contributed by atoms with van der Waals surface area (Å²) in [5.74, 6) is 4.86. The van der Waals surface area contributed by atoms with Crippen LogP contribution >= 0.6 is 0 Å². The molecule has 0 amide bonds. The predicted octanol–water partition coefficient (Wildman–Crippen LogP) is 2.93. The van der Waals surface area contributed by atoms with Crippen LogP contribution < -0.4 is 0 Å². The second-order valence-electron chi connectivity index (χ2n) is 5.44. The van der Waals surface area contributed by atoms with Crippen LogP contribution in [0.15, 0.2) is 18.2 Å². The van der Waals surface area contributed by atoms with Gasteiger partial charge in [-0.15, -0.1) is 0 Å². The fourth-order valence-corrected chi connectivity index (χ4v) is 2.71. The van der Waals surface area contributed by atoms with Crippen molar-refractivity contribution in [1.82, 2.24) is 4.90 Å². The van der Waals surface area contributed by atoms with Gasteiger partial charge in [-0.2, -0.15) is 0 Å². The summed E-state index contributed by atoms with van der Waals surface area (Å²) in [7, 11) is 0. The third-order valence-electron chi connectivity index (χ3n) is 3.91. The Balaban J connectivity index is 2.12. The summed E-state index contributed by atoms with van der Waals surface area (Å²) in [6.45, 7) is 3.97. The lowest BCUT2D eigenvalue weighted by Crippen LogP contribution is -2.31. The number of aliphatic hydroxyl groups is 1. The second kappa shape index (κ2) is 7.42. The number of aliphatic hydroxyl groups excluding tert-OH is 1. The molecule has 3 heteroatoms. The van der Waals surface area contributed by atoms with Crippen LogP contribution in [0.25, 0.3) is 0 Å². The normalized spacial score (nSPS) is 20.1. The summed E-state index contributed by atoms with van der Waals surface area (Å²) in [5, 5.41) is 8.71. The first-order chi connectivity index (χ1) is 9.70. The van der Waals surface area contributed by atoms with Gasteiger partial charge >= 0.3 is 0 Å². The molecule has 1 atom stereocenters. The summed E-state index contributed by atoms with van der Waals surface area (Å²) in [6, 6.07) is 5.68. The molecule has 1 aliphatic heterocycles. The molecule has 1 aromatic rings. The van der Waals surface area contributed by atoms with Gasteiger partial charge in [-0.1, -0.05) is 30.7 Å². The smallest absolute Gasteiger partial charge is 0.138 e. The first kappa shape index (κ1) is 15.0. The van der Waals surface area contributed by atoms with Gasteiger partial charge in [0, 0.05) is 12.6 Å². The minimum absolute atomic E-state index is 0.243. The first-order valence-corrected chi connectivity index (χ1v) is 7.33. The van der Waals surface area contributed by atoms with Crippen LogP contribution in [0.2, 0.25) is 0 Å². The number of likely N-dealkylation sites (tertiary alicyclic amines) is 1. The van der Waals surface area contributed by atoms with Crippen LogP contribution in [0, 0.1) is 17.7 Å². The molecular weight excluding hydrogens is 253 g/mol.